The summed E-state index contributed by atoms with van der Waals surface area (Å²) < 4.78 is 32.6. The average molecular weight is 535 g/mol. The zero-order chi connectivity index (χ0) is 28.0. The molecule has 7 rings (SSSR count). The Kier molecular flexibility index (Phi) is 5.40. The topological polar surface area (TPSA) is 101 Å². The summed E-state index contributed by atoms with van der Waals surface area (Å²) in [5.41, 5.74) is -0.669. The second-order valence-electron chi connectivity index (χ2n) is 10.6. The summed E-state index contributed by atoms with van der Waals surface area (Å²) in [6.45, 7) is 4.88. The van der Waals surface area contributed by atoms with Crippen LogP contribution in [0.3, 0.4) is 0 Å². The van der Waals surface area contributed by atoms with Gasteiger partial charge < -0.3 is 4.74 Å². The van der Waals surface area contributed by atoms with Gasteiger partial charge in [-0.05, 0) is 62.4 Å². The first kappa shape index (κ1) is 25.1. The van der Waals surface area contributed by atoms with Crippen molar-refractivity contribution in [1.82, 2.24) is 0 Å². The van der Waals surface area contributed by atoms with Crippen molar-refractivity contribution in [2.45, 2.75) is 20.8 Å². The number of hydrogen-bond acceptors (Lipinski definition) is 6. The summed E-state index contributed by atoms with van der Waals surface area (Å²) in [5.74, 6) is -9.42. The average Bonchev–Trinajstić information content (AvgIpc) is 3.32. The molecule has 2 aromatic rings. The second-order valence-corrected chi connectivity index (χ2v) is 10.6. The third kappa shape index (κ3) is 3.11. The molecule has 8 nitrogen and oxygen atoms in total. The smallest absolute Gasteiger partial charge is 0.334 e. The van der Waals surface area contributed by atoms with Crippen molar-refractivity contribution in [3.63, 3.8) is 0 Å². The Morgan fingerprint density at radius 2 is 1.18 bits per heavy atom. The fourth-order valence-electron chi connectivity index (χ4n) is 7.50. The van der Waals surface area contributed by atoms with E-state index >= 15 is 0 Å². The van der Waals surface area contributed by atoms with E-state index in [1.54, 1.807) is 20.8 Å². The Balaban J connectivity index is 1.54. The molecule has 1 saturated carbocycles. The third-order valence-electron chi connectivity index (χ3n) is 8.85. The summed E-state index contributed by atoms with van der Waals surface area (Å²) in [6, 6.07) is 9.76. The largest absolute Gasteiger partial charge is 0.463 e. The Labute approximate surface area is 222 Å². The molecule has 2 saturated heterocycles. The maximum absolute atomic E-state index is 14.0. The molecular weight excluding hydrogens is 510 g/mol. The minimum atomic E-state index is -1.55. The van der Waals surface area contributed by atoms with Gasteiger partial charge in [-0.1, -0.05) is 12.5 Å². The van der Waals surface area contributed by atoms with Crippen LogP contribution in [0.2, 0.25) is 0 Å². The molecule has 0 unspecified atom stereocenters. The summed E-state index contributed by atoms with van der Waals surface area (Å²) in [4.78, 5) is 71.1. The van der Waals surface area contributed by atoms with Crippen LogP contribution in [-0.2, 0) is 28.7 Å². The van der Waals surface area contributed by atoms with Gasteiger partial charge in [0.1, 0.15) is 11.6 Å². The molecular formula is C29H24F2N2O6. The van der Waals surface area contributed by atoms with Crippen LogP contribution in [0.15, 0.2) is 59.7 Å². The molecule has 0 spiro atoms. The first-order valence-corrected chi connectivity index (χ1v) is 12.7. The summed E-state index contributed by atoms with van der Waals surface area (Å²) in [6.07, 6.45) is 0. The Hall–Kier alpha value is -4.21. The highest BCUT2D eigenvalue weighted by atomic mass is 19.1. The lowest BCUT2D eigenvalue weighted by molar-refractivity contribution is -0.155. The SMILES string of the molecule is CCOC(=O)C1=C(C)C2[C@H]3C(=O)N(c4ccc(F)cc4)C(=O)[C@H]3C1(C)[C@@H]1C(=O)N(c3ccc(F)cc3)C(=O)[C@H]21. The van der Waals surface area contributed by atoms with Crippen molar-refractivity contribution >= 4 is 41.0 Å². The van der Waals surface area contributed by atoms with E-state index in [0.29, 0.717) is 5.57 Å². The van der Waals surface area contributed by atoms with Gasteiger partial charge in [0.15, 0.2) is 0 Å². The molecule has 3 fully saturated rings. The lowest BCUT2D eigenvalue weighted by Gasteiger charge is -2.55. The molecule has 2 bridgehead atoms. The van der Waals surface area contributed by atoms with Crippen molar-refractivity contribution < 1.29 is 37.5 Å². The highest BCUT2D eigenvalue weighted by molar-refractivity contribution is 6.27. The predicted octanol–water partition coefficient (Wildman–Crippen LogP) is 3.41. The van der Waals surface area contributed by atoms with Crippen molar-refractivity contribution in [1.29, 1.82) is 0 Å². The number of ether oxygens (including phenoxy) is 1. The fraction of sp³-hybridized carbons (Fsp3) is 0.345. The molecule has 0 radical (unpaired) electrons. The van der Waals surface area contributed by atoms with Gasteiger partial charge in [-0.15, -0.1) is 0 Å². The monoisotopic (exact) mass is 534 g/mol. The predicted molar refractivity (Wildman–Crippen MR) is 133 cm³/mol. The molecule has 4 atom stereocenters. The number of hydrogen-bond donors (Lipinski definition) is 0. The van der Waals surface area contributed by atoms with Crippen molar-refractivity contribution in [3.05, 3.63) is 71.3 Å². The molecule has 2 heterocycles. The molecule has 0 aromatic heterocycles. The number of nitrogens with zero attached hydrogens (tertiary/aromatic N) is 2. The first-order chi connectivity index (χ1) is 18.5. The van der Waals surface area contributed by atoms with Crippen LogP contribution in [0.1, 0.15) is 20.8 Å². The van der Waals surface area contributed by atoms with Gasteiger partial charge in [0, 0.05) is 16.9 Å². The number of rotatable bonds is 4. The lowest BCUT2D eigenvalue weighted by Crippen LogP contribution is -2.61. The van der Waals surface area contributed by atoms with E-state index < -0.39 is 76.2 Å². The lowest BCUT2D eigenvalue weighted by atomic mass is 9.43. The normalized spacial score (nSPS) is 31.3. The van der Waals surface area contributed by atoms with Gasteiger partial charge in [0.25, 0.3) is 0 Å². The summed E-state index contributed by atoms with van der Waals surface area (Å²) in [7, 11) is 0. The molecule has 0 N–H and O–H groups in total. The van der Waals surface area contributed by atoms with Crippen molar-refractivity contribution in [2.75, 3.05) is 16.4 Å². The number of allylic oxidation sites excluding steroid dienone is 1. The van der Waals surface area contributed by atoms with Crippen LogP contribution in [0, 0.1) is 46.6 Å². The highest BCUT2D eigenvalue weighted by Crippen LogP contribution is 2.68. The molecule has 2 aromatic carbocycles. The van der Waals surface area contributed by atoms with Crippen LogP contribution in [0.5, 0.6) is 0 Å². The van der Waals surface area contributed by atoms with E-state index in [1.807, 2.05) is 0 Å². The van der Waals surface area contributed by atoms with Crippen molar-refractivity contribution in [2.24, 2.45) is 35.0 Å². The molecule has 10 heteroatoms. The summed E-state index contributed by atoms with van der Waals surface area (Å²) in [5, 5.41) is 0. The highest BCUT2D eigenvalue weighted by Gasteiger charge is 2.77. The quantitative estimate of drug-likeness (QED) is 0.440. The number of esters is 1. The third-order valence-corrected chi connectivity index (χ3v) is 8.85. The molecule has 5 aliphatic rings. The van der Waals surface area contributed by atoms with Gasteiger partial charge in [0.2, 0.25) is 23.6 Å². The minimum absolute atomic E-state index is 0.0434. The fourth-order valence-corrected chi connectivity index (χ4v) is 7.50. The van der Waals surface area contributed by atoms with E-state index in [9.17, 15) is 32.8 Å². The maximum Gasteiger partial charge on any atom is 0.334 e. The standard InChI is InChI=1S/C29H24F2N2O6/c1-4-39-28(38)21-13(2)18-19-22(26(36)32(24(19)34)16-9-5-14(30)6-10-16)29(21,3)23-20(18)25(35)33(27(23)37)17-11-7-15(31)8-12-17/h5-12,18-20,22-23H,4H2,1-3H3/t18?,19-,20-,22+,23+,29?/m1/s1. The van der Waals surface area contributed by atoms with Gasteiger partial charge in [-0.2, -0.15) is 0 Å². The van der Waals surface area contributed by atoms with Gasteiger partial charge in [0.05, 0.1) is 41.7 Å². The number of benzene rings is 2. The van der Waals surface area contributed by atoms with E-state index in [0.717, 1.165) is 34.1 Å². The van der Waals surface area contributed by atoms with E-state index in [-0.39, 0.29) is 23.6 Å². The van der Waals surface area contributed by atoms with Crippen molar-refractivity contribution in [3.8, 4) is 0 Å². The number of halogens is 2. The van der Waals surface area contributed by atoms with Crippen LogP contribution in [0.4, 0.5) is 20.2 Å². The van der Waals surface area contributed by atoms with Crippen LogP contribution >= 0.6 is 0 Å². The van der Waals surface area contributed by atoms with Crippen LogP contribution in [-0.4, -0.2) is 36.2 Å². The molecule has 39 heavy (non-hydrogen) atoms. The summed E-state index contributed by atoms with van der Waals surface area (Å²) >= 11 is 0. The number of anilines is 2. The van der Waals surface area contributed by atoms with E-state index in [2.05, 4.69) is 0 Å². The number of carbonyl (C=O) groups is 5. The van der Waals surface area contributed by atoms with Gasteiger partial charge in [-0.3, -0.25) is 29.0 Å². The number of amides is 4. The van der Waals surface area contributed by atoms with Gasteiger partial charge >= 0.3 is 5.97 Å². The first-order valence-electron chi connectivity index (χ1n) is 12.7. The van der Waals surface area contributed by atoms with E-state index in [4.69, 9.17) is 4.74 Å². The molecule has 3 aliphatic carbocycles. The zero-order valence-corrected chi connectivity index (χ0v) is 21.3. The Bertz CT molecular complexity index is 1410. The zero-order valence-electron chi connectivity index (χ0n) is 21.3. The Morgan fingerprint density at radius 1 is 0.769 bits per heavy atom. The van der Waals surface area contributed by atoms with Gasteiger partial charge in [-0.25, -0.2) is 13.6 Å². The van der Waals surface area contributed by atoms with Crippen LogP contribution < -0.4 is 9.80 Å². The number of carbonyl (C=O) groups excluding carboxylic acids is 5. The minimum Gasteiger partial charge on any atom is -0.463 e. The molecule has 4 amide bonds. The molecule has 200 valence electrons. The van der Waals surface area contributed by atoms with E-state index in [1.165, 1.54) is 24.3 Å². The Morgan fingerprint density at radius 3 is 1.56 bits per heavy atom. The number of imide groups is 2. The maximum atomic E-state index is 14.0. The second kappa shape index (κ2) is 8.39. The molecule has 2 aliphatic heterocycles. The van der Waals surface area contributed by atoms with Crippen LogP contribution in [0.25, 0.3) is 0 Å².